The molecule has 1 heterocycles. The fourth-order valence-electron chi connectivity index (χ4n) is 2.66. The van der Waals surface area contributed by atoms with Crippen LogP contribution in [0.25, 0.3) is 10.8 Å². The highest BCUT2D eigenvalue weighted by Crippen LogP contribution is 2.19. The molecule has 134 valence electrons. The molecule has 0 bridgehead atoms. The predicted molar refractivity (Wildman–Crippen MR) is 95.3 cm³/mol. The molecule has 1 atom stereocenters. The third-order valence-electron chi connectivity index (χ3n) is 3.91. The van der Waals surface area contributed by atoms with Crippen molar-refractivity contribution in [3.05, 3.63) is 74.7 Å². The third kappa shape index (κ3) is 3.70. The second-order valence-electron chi connectivity index (χ2n) is 5.84. The molecule has 0 aliphatic carbocycles. The maximum Gasteiger partial charge on any atom is 0.274 e. The zero-order valence-electron chi connectivity index (χ0n) is 14.0. The molecule has 2 aromatic carbocycles. The summed E-state index contributed by atoms with van der Waals surface area (Å²) < 4.78 is 6.60. The van der Waals surface area contributed by atoms with E-state index in [4.69, 9.17) is 4.74 Å². The summed E-state index contributed by atoms with van der Waals surface area (Å²) >= 11 is 0. The van der Waals surface area contributed by atoms with Crippen molar-refractivity contribution in [2.75, 3.05) is 6.61 Å². The molecule has 1 aromatic heterocycles. The Kier molecular flexibility index (Phi) is 4.94. The van der Waals surface area contributed by atoms with E-state index < -0.39 is 11.0 Å². The number of aromatic nitrogens is 2. The van der Waals surface area contributed by atoms with Crippen LogP contribution in [0.1, 0.15) is 5.69 Å². The topological polar surface area (TPSA) is 107 Å². The van der Waals surface area contributed by atoms with Gasteiger partial charge in [0.1, 0.15) is 18.5 Å². The predicted octanol–water partition coefficient (Wildman–Crippen LogP) is 2.05. The maximum atomic E-state index is 12.5. The second-order valence-corrected chi connectivity index (χ2v) is 5.84. The molecule has 0 radical (unpaired) electrons. The average molecular weight is 355 g/mol. The summed E-state index contributed by atoms with van der Waals surface area (Å²) in [5, 5.41) is 26.5. The van der Waals surface area contributed by atoms with E-state index in [1.165, 1.54) is 22.9 Å². The summed E-state index contributed by atoms with van der Waals surface area (Å²) in [4.78, 5) is 22.7. The largest absolute Gasteiger partial charge is 0.491 e. The van der Waals surface area contributed by atoms with Gasteiger partial charge in [0, 0.05) is 11.5 Å². The molecule has 8 nitrogen and oxygen atoms in total. The molecule has 0 amide bonds. The maximum absolute atomic E-state index is 12.5. The van der Waals surface area contributed by atoms with Crippen LogP contribution in [0.3, 0.4) is 0 Å². The second kappa shape index (κ2) is 7.32. The fraction of sp³-hybridized carbons (Fsp3) is 0.222. The molecule has 1 N–H and O–H groups in total. The zero-order chi connectivity index (χ0) is 18.7. The molecule has 3 rings (SSSR count). The first-order valence-corrected chi connectivity index (χ1v) is 7.97. The number of non-ortho nitro benzene ring substituents is 1. The van der Waals surface area contributed by atoms with Gasteiger partial charge in [-0.3, -0.25) is 14.9 Å². The summed E-state index contributed by atoms with van der Waals surface area (Å²) in [7, 11) is 0. The number of benzene rings is 2. The van der Waals surface area contributed by atoms with Gasteiger partial charge in [0.05, 0.1) is 28.6 Å². The van der Waals surface area contributed by atoms with E-state index in [9.17, 15) is 20.0 Å². The van der Waals surface area contributed by atoms with Crippen molar-refractivity contribution in [3.63, 3.8) is 0 Å². The Labute approximate surface area is 148 Å². The summed E-state index contributed by atoms with van der Waals surface area (Å²) in [6.07, 6.45) is -1.000. The molecule has 26 heavy (non-hydrogen) atoms. The van der Waals surface area contributed by atoms with Gasteiger partial charge < -0.3 is 9.84 Å². The molecule has 0 saturated carbocycles. The van der Waals surface area contributed by atoms with Crippen LogP contribution in [-0.4, -0.2) is 32.5 Å². The Morgan fingerprint density at radius 1 is 1.23 bits per heavy atom. The number of nitrogens with zero attached hydrogens (tertiary/aromatic N) is 3. The van der Waals surface area contributed by atoms with Crippen LogP contribution in [-0.2, 0) is 6.54 Å². The molecule has 0 aliphatic heterocycles. The van der Waals surface area contributed by atoms with E-state index in [2.05, 4.69) is 5.10 Å². The number of fused-ring (bicyclic) bond motifs is 1. The smallest absolute Gasteiger partial charge is 0.274 e. The Morgan fingerprint density at radius 3 is 2.69 bits per heavy atom. The van der Waals surface area contributed by atoms with E-state index in [0.29, 0.717) is 11.1 Å². The van der Waals surface area contributed by atoms with Crippen LogP contribution >= 0.6 is 0 Å². The minimum Gasteiger partial charge on any atom is -0.491 e. The first kappa shape index (κ1) is 17.6. The standard InChI is InChI=1S/C18H17N3O5/c1-12-16-7-2-3-8-17(16)18(23)20(19-12)10-14(22)11-26-15-6-4-5-13(9-15)21(24)25/h2-9,14,22H,10-11H2,1H3. The van der Waals surface area contributed by atoms with Crippen LogP contribution in [0.15, 0.2) is 53.3 Å². The number of aliphatic hydroxyl groups excluding tert-OH is 1. The van der Waals surface area contributed by atoms with Gasteiger partial charge in [0.25, 0.3) is 11.2 Å². The quantitative estimate of drug-likeness (QED) is 0.536. The van der Waals surface area contributed by atoms with Gasteiger partial charge in [0.2, 0.25) is 0 Å². The summed E-state index contributed by atoms with van der Waals surface area (Å²) in [5.74, 6) is 0.272. The Balaban J connectivity index is 1.72. The van der Waals surface area contributed by atoms with E-state index in [0.717, 1.165) is 5.39 Å². The van der Waals surface area contributed by atoms with Crippen molar-refractivity contribution in [1.82, 2.24) is 9.78 Å². The van der Waals surface area contributed by atoms with E-state index in [-0.39, 0.29) is 30.1 Å². The average Bonchev–Trinajstić information content (AvgIpc) is 2.64. The van der Waals surface area contributed by atoms with Gasteiger partial charge in [-0.25, -0.2) is 4.68 Å². The number of nitro groups is 1. The van der Waals surface area contributed by atoms with Gasteiger partial charge in [-0.05, 0) is 19.1 Å². The highest BCUT2D eigenvalue weighted by molar-refractivity contribution is 5.83. The van der Waals surface area contributed by atoms with Crippen molar-refractivity contribution < 1.29 is 14.8 Å². The molecule has 1 unspecified atom stereocenters. The van der Waals surface area contributed by atoms with Crippen molar-refractivity contribution in [2.24, 2.45) is 0 Å². The van der Waals surface area contributed by atoms with Crippen LogP contribution in [0.4, 0.5) is 5.69 Å². The number of ether oxygens (including phenoxy) is 1. The lowest BCUT2D eigenvalue weighted by atomic mass is 10.1. The number of hydrogen-bond acceptors (Lipinski definition) is 6. The van der Waals surface area contributed by atoms with Crippen molar-refractivity contribution in [2.45, 2.75) is 19.6 Å². The minimum absolute atomic E-state index is 0.0422. The lowest BCUT2D eigenvalue weighted by Crippen LogP contribution is -2.32. The SMILES string of the molecule is Cc1nn(CC(O)COc2cccc([N+](=O)[O-])c2)c(=O)c2ccccc12. The first-order valence-electron chi connectivity index (χ1n) is 7.97. The lowest BCUT2D eigenvalue weighted by molar-refractivity contribution is -0.384. The van der Waals surface area contributed by atoms with Crippen molar-refractivity contribution in [3.8, 4) is 5.75 Å². The highest BCUT2D eigenvalue weighted by Gasteiger charge is 2.13. The van der Waals surface area contributed by atoms with E-state index >= 15 is 0 Å². The number of aliphatic hydroxyl groups is 1. The molecule has 0 fully saturated rings. The molecule has 0 saturated heterocycles. The zero-order valence-corrected chi connectivity index (χ0v) is 14.0. The molecule has 8 heteroatoms. The Morgan fingerprint density at radius 2 is 1.96 bits per heavy atom. The van der Waals surface area contributed by atoms with E-state index in [1.54, 1.807) is 25.1 Å². The van der Waals surface area contributed by atoms with Gasteiger partial charge in [-0.15, -0.1) is 0 Å². The van der Waals surface area contributed by atoms with Gasteiger partial charge in [0.15, 0.2) is 0 Å². The van der Waals surface area contributed by atoms with Crippen molar-refractivity contribution in [1.29, 1.82) is 0 Å². The minimum atomic E-state index is -1.000. The molecule has 0 spiro atoms. The van der Waals surface area contributed by atoms with Gasteiger partial charge in [-0.1, -0.05) is 24.3 Å². The van der Waals surface area contributed by atoms with Gasteiger partial charge in [-0.2, -0.15) is 5.10 Å². The van der Waals surface area contributed by atoms with Crippen LogP contribution in [0, 0.1) is 17.0 Å². The third-order valence-corrected chi connectivity index (χ3v) is 3.91. The lowest BCUT2D eigenvalue weighted by Gasteiger charge is -2.14. The molecular formula is C18H17N3O5. The highest BCUT2D eigenvalue weighted by atomic mass is 16.6. The Bertz CT molecular complexity index is 1020. The summed E-state index contributed by atoms with van der Waals surface area (Å²) in [6.45, 7) is 1.63. The molecule has 0 aliphatic rings. The van der Waals surface area contributed by atoms with Crippen LogP contribution in [0.5, 0.6) is 5.75 Å². The first-order chi connectivity index (χ1) is 12.5. The van der Waals surface area contributed by atoms with Crippen LogP contribution in [0.2, 0.25) is 0 Å². The monoisotopic (exact) mass is 355 g/mol. The normalized spacial score (nSPS) is 12.1. The number of hydrogen-bond donors (Lipinski definition) is 1. The number of rotatable bonds is 6. The van der Waals surface area contributed by atoms with Gasteiger partial charge >= 0.3 is 0 Å². The summed E-state index contributed by atoms with van der Waals surface area (Å²) in [5.41, 5.74) is 0.299. The van der Waals surface area contributed by atoms with Crippen molar-refractivity contribution >= 4 is 16.5 Å². The number of aryl methyl sites for hydroxylation is 1. The number of nitro benzene ring substituents is 1. The van der Waals surface area contributed by atoms with Crippen LogP contribution < -0.4 is 10.3 Å². The van der Waals surface area contributed by atoms with E-state index in [1.807, 2.05) is 12.1 Å². The fourth-order valence-corrected chi connectivity index (χ4v) is 2.66. The molecule has 3 aromatic rings. The summed E-state index contributed by atoms with van der Waals surface area (Å²) in [6, 6.07) is 12.8. The molecular weight excluding hydrogens is 338 g/mol. The Hall–Kier alpha value is -3.26.